The molecule has 0 spiro atoms. The van der Waals surface area contributed by atoms with Gasteiger partial charge in [0.2, 0.25) is 23.6 Å². The number of primary amides is 1. The standard InChI is InChI=1S/C20H34N4O11/c1-9(18(31)24-12(20(33)34-4)5-6-15(21)29)22-19(32)10(2)35-17(16(30)14(28)8-26)13(7-25)23-11(3)27/h7,9-10,12-14,16-17,26,28,30H,5-6,8H2,1-4H3,(H2,21,29)(H,22,32)(H,23,27)(H,24,31)/t9-,10+,12+,13-,14+,16+,17+/m0/s1. The van der Waals surface area contributed by atoms with Gasteiger partial charge >= 0.3 is 5.97 Å². The fourth-order valence-electron chi connectivity index (χ4n) is 2.80. The molecule has 0 aliphatic carbocycles. The van der Waals surface area contributed by atoms with Crippen molar-refractivity contribution in [3.8, 4) is 0 Å². The molecule has 4 amide bonds. The third-order valence-electron chi connectivity index (χ3n) is 4.75. The molecule has 0 aromatic carbocycles. The van der Waals surface area contributed by atoms with E-state index in [2.05, 4.69) is 20.7 Å². The Labute approximate surface area is 201 Å². The van der Waals surface area contributed by atoms with E-state index in [1.807, 2.05) is 0 Å². The Morgan fingerprint density at radius 2 is 1.63 bits per heavy atom. The van der Waals surface area contributed by atoms with Gasteiger partial charge in [-0.05, 0) is 20.3 Å². The van der Waals surface area contributed by atoms with Crippen LogP contribution in [0.2, 0.25) is 0 Å². The summed E-state index contributed by atoms with van der Waals surface area (Å²) in [7, 11) is 1.09. The largest absolute Gasteiger partial charge is 0.467 e. The van der Waals surface area contributed by atoms with Crippen molar-refractivity contribution < 1.29 is 53.6 Å². The molecule has 0 rings (SSSR count). The highest BCUT2D eigenvalue weighted by molar-refractivity contribution is 5.91. The number of carbonyl (C=O) groups is 6. The minimum atomic E-state index is -1.87. The molecule has 0 bridgehead atoms. The monoisotopic (exact) mass is 506 g/mol. The van der Waals surface area contributed by atoms with Crippen LogP contribution in [-0.2, 0) is 38.2 Å². The van der Waals surface area contributed by atoms with Crippen LogP contribution in [0.25, 0.3) is 0 Å². The number of rotatable bonds is 16. The van der Waals surface area contributed by atoms with E-state index in [4.69, 9.17) is 15.6 Å². The van der Waals surface area contributed by atoms with Crippen molar-refractivity contribution in [1.82, 2.24) is 16.0 Å². The highest BCUT2D eigenvalue weighted by atomic mass is 16.5. The van der Waals surface area contributed by atoms with Crippen molar-refractivity contribution in [3.63, 3.8) is 0 Å². The molecule has 0 unspecified atom stereocenters. The van der Waals surface area contributed by atoms with Gasteiger partial charge in [-0.25, -0.2) is 4.79 Å². The first kappa shape index (κ1) is 31.9. The molecule has 0 aromatic heterocycles. The van der Waals surface area contributed by atoms with Crippen LogP contribution in [0.15, 0.2) is 0 Å². The molecule has 7 atom stereocenters. The zero-order valence-corrected chi connectivity index (χ0v) is 19.9. The number of hydrogen-bond acceptors (Lipinski definition) is 11. The molecule has 0 aliphatic heterocycles. The number of aldehydes is 1. The topological polar surface area (TPSA) is 244 Å². The van der Waals surface area contributed by atoms with Crippen LogP contribution in [0.3, 0.4) is 0 Å². The smallest absolute Gasteiger partial charge is 0.328 e. The fraction of sp³-hybridized carbons (Fsp3) is 0.700. The van der Waals surface area contributed by atoms with Crippen molar-refractivity contribution in [2.24, 2.45) is 5.73 Å². The first-order valence-corrected chi connectivity index (χ1v) is 10.6. The third kappa shape index (κ3) is 11.2. The number of aliphatic hydroxyl groups is 3. The molecule has 0 radical (unpaired) electrons. The van der Waals surface area contributed by atoms with Crippen molar-refractivity contribution >= 4 is 35.9 Å². The Morgan fingerprint density at radius 3 is 2.09 bits per heavy atom. The van der Waals surface area contributed by atoms with Crippen LogP contribution in [0, 0.1) is 0 Å². The SMILES string of the molecule is COC(=O)[C@@H](CCC(N)=O)NC(=O)[C@H](C)NC(=O)[C@@H](C)O[C@@H]([C@H](O)[C@H](O)CO)[C@H](C=O)NC(C)=O. The van der Waals surface area contributed by atoms with Crippen LogP contribution in [0.4, 0.5) is 0 Å². The van der Waals surface area contributed by atoms with Gasteiger partial charge in [-0.3, -0.25) is 19.2 Å². The number of aliphatic hydroxyl groups excluding tert-OH is 3. The lowest BCUT2D eigenvalue weighted by Gasteiger charge is -2.32. The van der Waals surface area contributed by atoms with E-state index in [0.29, 0.717) is 0 Å². The predicted octanol–water partition coefficient (Wildman–Crippen LogP) is -4.39. The second-order valence-corrected chi connectivity index (χ2v) is 7.67. The predicted molar refractivity (Wildman–Crippen MR) is 117 cm³/mol. The second kappa shape index (κ2) is 15.7. The van der Waals surface area contributed by atoms with Crippen molar-refractivity contribution in [2.75, 3.05) is 13.7 Å². The quantitative estimate of drug-likeness (QED) is 0.0778. The first-order valence-electron chi connectivity index (χ1n) is 10.6. The van der Waals surface area contributed by atoms with E-state index >= 15 is 0 Å². The summed E-state index contributed by atoms with van der Waals surface area (Å²) < 4.78 is 9.96. The summed E-state index contributed by atoms with van der Waals surface area (Å²) in [5.74, 6) is -3.88. The van der Waals surface area contributed by atoms with E-state index in [1.165, 1.54) is 13.8 Å². The normalized spacial score (nSPS) is 16.9. The van der Waals surface area contributed by atoms with Gasteiger partial charge in [-0.15, -0.1) is 0 Å². The summed E-state index contributed by atoms with van der Waals surface area (Å²) in [6.45, 7) is 2.69. The fourth-order valence-corrected chi connectivity index (χ4v) is 2.80. The lowest BCUT2D eigenvalue weighted by molar-refractivity contribution is -0.158. The summed E-state index contributed by atoms with van der Waals surface area (Å²) in [4.78, 5) is 70.6. The van der Waals surface area contributed by atoms with Gasteiger partial charge in [0.1, 0.15) is 48.8 Å². The summed E-state index contributed by atoms with van der Waals surface area (Å²) in [5.41, 5.74) is 5.05. The van der Waals surface area contributed by atoms with Gasteiger partial charge in [0.05, 0.1) is 13.7 Å². The molecule has 15 nitrogen and oxygen atoms in total. The van der Waals surface area contributed by atoms with E-state index < -0.39 is 78.7 Å². The maximum absolute atomic E-state index is 12.5. The third-order valence-corrected chi connectivity index (χ3v) is 4.75. The molecule has 200 valence electrons. The molecule has 0 aromatic rings. The van der Waals surface area contributed by atoms with Crippen molar-refractivity contribution in [2.45, 2.75) is 76.2 Å². The molecule has 0 aliphatic rings. The summed E-state index contributed by atoms with van der Waals surface area (Å²) in [6.07, 6.45) is -6.80. The van der Waals surface area contributed by atoms with E-state index in [0.717, 1.165) is 14.0 Å². The minimum absolute atomic E-state index is 0.128. The van der Waals surface area contributed by atoms with Gasteiger partial charge in [0.25, 0.3) is 0 Å². The molecule has 0 heterocycles. The van der Waals surface area contributed by atoms with Crippen LogP contribution >= 0.6 is 0 Å². The highest BCUT2D eigenvalue weighted by Gasteiger charge is 2.37. The molecule has 8 N–H and O–H groups in total. The van der Waals surface area contributed by atoms with Gasteiger partial charge in [-0.2, -0.15) is 0 Å². The lowest BCUT2D eigenvalue weighted by atomic mass is 10.0. The number of esters is 1. The Morgan fingerprint density at radius 1 is 1.03 bits per heavy atom. The summed E-state index contributed by atoms with van der Waals surface area (Å²) in [5, 5.41) is 35.9. The van der Waals surface area contributed by atoms with Crippen LogP contribution < -0.4 is 21.7 Å². The average molecular weight is 507 g/mol. The highest BCUT2D eigenvalue weighted by Crippen LogP contribution is 2.12. The van der Waals surface area contributed by atoms with Gasteiger partial charge in [0, 0.05) is 13.3 Å². The van der Waals surface area contributed by atoms with Crippen LogP contribution in [0.1, 0.15) is 33.6 Å². The van der Waals surface area contributed by atoms with Crippen molar-refractivity contribution in [1.29, 1.82) is 0 Å². The number of carbonyl (C=O) groups excluding carboxylic acids is 6. The minimum Gasteiger partial charge on any atom is -0.467 e. The molecular weight excluding hydrogens is 472 g/mol. The Hall–Kier alpha value is -3.14. The first-order chi connectivity index (χ1) is 16.3. The molecule has 0 fully saturated rings. The van der Waals surface area contributed by atoms with Gasteiger partial charge in [-0.1, -0.05) is 0 Å². The average Bonchev–Trinajstić information content (AvgIpc) is 2.81. The lowest BCUT2D eigenvalue weighted by Crippen LogP contribution is -2.57. The molecular formula is C20H34N4O11. The zero-order chi connectivity index (χ0) is 27.3. The number of nitrogens with one attached hydrogen (secondary N) is 3. The van der Waals surface area contributed by atoms with Crippen molar-refractivity contribution in [3.05, 3.63) is 0 Å². The summed E-state index contributed by atoms with van der Waals surface area (Å²) in [6, 6.07) is -3.89. The van der Waals surface area contributed by atoms with Crippen LogP contribution in [0.5, 0.6) is 0 Å². The van der Waals surface area contributed by atoms with Gasteiger partial charge < -0.3 is 51.3 Å². The Bertz CT molecular complexity index is 763. The van der Waals surface area contributed by atoms with E-state index in [1.54, 1.807) is 0 Å². The van der Waals surface area contributed by atoms with Crippen LogP contribution in [-0.4, -0.2) is 107 Å². The molecule has 35 heavy (non-hydrogen) atoms. The number of nitrogens with two attached hydrogens (primary N) is 1. The maximum Gasteiger partial charge on any atom is 0.328 e. The Kier molecular flexibility index (Phi) is 14.3. The number of methoxy groups -OCH3 is 1. The second-order valence-electron chi connectivity index (χ2n) is 7.67. The molecule has 15 heteroatoms. The van der Waals surface area contributed by atoms with E-state index in [9.17, 15) is 39.0 Å². The molecule has 0 saturated heterocycles. The summed E-state index contributed by atoms with van der Waals surface area (Å²) >= 11 is 0. The number of ether oxygens (including phenoxy) is 2. The Balaban J connectivity index is 5.33. The zero-order valence-electron chi connectivity index (χ0n) is 19.9. The molecule has 0 saturated carbocycles. The van der Waals surface area contributed by atoms with E-state index in [-0.39, 0.29) is 19.1 Å². The number of hydrogen-bond donors (Lipinski definition) is 7. The number of amides is 4. The van der Waals surface area contributed by atoms with Gasteiger partial charge in [0.15, 0.2) is 0 Å². The maximum atomic E-state index is 12.5.